The van der Waals surface area contributed by atoms with Crippen molar-refractivity contribution in [1.29, 1.82) is 0 Å². The van der Waals surface area contributed by atoms with Crippen molar-refractivity contribution < 1.29 is 16.8 Å². The summed E-state index contributed by atoms with van der Waals surface area (Å²) in [4.78, 5) is 0. The zero-order chi connectivity index (χ0) is 23.1. The van der Waals surface area contributed by atoms with Gasteiger partial charge < -0.3 is 0 Å². The normalized spacial score (nSPS) is 21.3. The molecule has 9 heteroatoms. The van der Waals surface area contributed by atoms with E-state index in [4.69, 9.17) is 0 Å². The number of hydrogen-bond donors (Lipinski definition) is 3. The van der Waals surface area contributed by atoms with Crippen molar-refractivity contribution in [3.8, 4) is 0 Å². The van der Waals surface area contributed by atoms with Gasteiger partial charge in [0.15, 0.2) is 0 Å². The lowest BCUT2D eigenvalue weighted by Crippen LogP contribution is -2.37. The van der Waals surface area contributed by atoms with Crippen LogP contribution in [0.1, 0.15) is 70.4 Å². The smallest absolute Gasteiger partial charge is 0.215 e. The molecule has 1 aliphatic rings. The summed E-state index contributed by atoms with van der Waals surface area (Å²) in [6.07, 6.45) is 5.12. The summed E-state index contributed by atoms with van der Waals surface area (Å²) in [7, 11) is -6.59. The monoisotopic (exact) mass is 473 g/mol. The van der Waals surface area contributed by atoms with Crippen LogP contribution >= 0.6 is 0 Å². The van der Waals surface area contributed by atoms with Crippen molar-refractivity contribution in [2.24, 2.45) is 11.8 Å². The summed E-state index contributed by atoms with van der Waals surface area (Å²) in [6, 6.07) is 8.51. The van der Waals surface area contributed by atoms with Crippen LogP contribution in [0.25, 0.3) is 0 Å². The average Bonchev–Trinajstić information content (AvgIpc) is 2.72. The highest BCUT2D eigenvalue weighted by Crippen LogP contribution is 2.38. The van der Waals surface area contributed by atoms with Crippen molar-refractivity contribution in [2.75, 3.05) is 19.6 Å². The van der Waals surface area contributed by atoms with E-state index in [1.54, 1.807) is 20.8 Å². The first-order valence-corrected chi connectivity index (χ1v) is 14.4. The van der Waals surface area contributed by atoms with E-state index in [-0.39, 0.29) is 0 Å². The third-order valence-electron chi connectivity index (χ3n) is 6.29. The van der Waals surface area contributed by atoms with Gasteiger partial charge in [0.25, 0.3) is 10.2 Å². The fourth-order valence-corrected chi connectivity index (χ4v) is 5.81. The zero-order valence-electron chi connectivity index (χ0n) is 19.2. The van der Waals surface area contributed by atoms with Crippen LogP contribution in [0.5, 0.6) is 0 Å². The number of benzene rings is 1. The maximum Gasteiger partial charge on any atom is 0.276 e. The maximum atomic E-state index is 12.0. The maximum absolute atomic E-state index is 12.0. The Labute approximate surface area is 189 Å². The van der Waals surface area contributed by atoms with E-state index < -0.39 is 25.5 Å². The van der Waals surface area contributed by atoms with Gasteiger partial charge in [-0.3, -0.25) is 0 Å². The molecule has 1 aromatic carbocycles. The van der Waals surface area contributed by atoms with Crippen LogP contribution in [0.4, 0.5) is 0 Å². The van der Waals surface area contributed by atoms with Crippen molar-refractivity contribution in [1.82, 2.24) is 14.2 Å². The third-order valence-corrected chi connectivity index (χ3v) is 9.36. The van der Waals surface area contributed by atoms with Gasteiger partial charge in [-0.15, -0.1) is 0 Å². The van der Waals surface area contributed by atoms with Crippen molar-refractivity contribution in [3.63, 3.8) is 0 Å². The van der Waals surface area contributed by atoms with E-state index in [9.17, 15) is 16.8 Å². The topological polar surface area (TPSA) is 104 Å². The van der Waals surface area contributed by atoms with Crippen LogP contribution < -0.4 is 14.2 Å². The highest BCUT2D eigenvalue weighted by Gasteiger charge is 2.27. The predicted octanol–water partition coefficient (Wildman–Crippen LogP) is 2.91. The van der Waals surface area contributed by atoms with Gasteiger partial charge in [-0.1, -0.05) is 38.1 Å². The molecule has 1 fully saturated rings. The molecule has 7 nitrogen and oxygen atoms in total. The molecular formula is C22H39N3O4S2. The van der Waals surface area contributed by atoms with E-state index in [0.29, 0.717) is 43.8 Å². The molecule has 31 heavy (non-hydrogen) atoms. The molecule has 0 aliphatic heterocycles. The van der Waals surface area contributed by atoms with Gasteiger partial charge in [0, 0.05) is 19.6 Å². The molecule has 1 aliphatic carbocycles. The fourth-order valence-electron chi connectivity index (χ4n) is 4.13. The fraction of sp³-hybridized carbons (Fsp3) is 0.727. The molecule has 1 unspecified atom stereocenters. The van der Waals surface area contributed by atoms with Gasteiger partial charge in [0.05, 0.1) is 5.25 Å². The summed E-state index contributed by atoms with van der Waals surface area (Å²) in [5.41, 5.74) is 2.45. The van der Waals surface area contributed by atoms with Crippen LogP contribution in [0, 0.1) is 11.8 Å². The lowest BCUT2D eigenvalue weighted by atomic mass is 9.74. The van der Waals surface area contributed by atoms with E-state index in [1.165, 1.54) is 5.56 Å². The zero-order valence-corrected chi connectivity index (χ0v) is 20.9. The molecule has 0 bridgehead atoms. The van der Waals surface area contributed by atoms with Crippen molar-refractivity contribution in [2.45, 2.75) is 71.0 Å². The molecule has 3 N–H and O–H groups in total. The largest absolute Gasteiger partial charge is 0.276 e. The molecule has 178 valence electrons. The molecule has 1 atom stereocenters. The summed E-state index contributed by atoms with van der Waals surface area (Å²) in [6.45, 7) is 8.56. The molecule has 0 amide bonds. The number of nitrogens with one attached hydrogen (secondary N) is 3. The number of rotatable bonds is 12. The highest BCUT2D eigenvalue weighted by molar-refractivity contribution is 7.90. The molecule has 0 radical (unpaired) electrons. The first-order chi connectivity index (χ1) is 14.5. The summed E-state index contributed by atoms with van der Waals surface area (Å²) >= 11 is 0. The minimum atomic E-state index is -3.39. The van der Waals surface area contributed by atoms with E-state index in [1.807, 2.05) is 0 Å². The molecule has 1 aromatic rings. The Balaban J connectivity index is 1.78. The van der Waals surface area contributed by atoms with E-state index in [0.717, 1.165) is 31.2 Å². The summed E-state index contributed by atoms with van der Waals surface area (Å²) in [5.74, 6) is 1.43. The van der Waals surface area contributed by atoms with Gasteiger partial charge in [-0.05, 0) is 74.8 Å². The Morgan fingerprint density at radius 2 is 1.52 bits per heavy atom. The van der Waals surface area contributed by atoms with Gasteiger partial charge >= 0.3 is 0 Å². The molecule has 2 rings (SSSR count). The van der Waals surface area contributed by atoms with Crippen LogP contribution in [-0.4, -0.2) is 41.7 Å². The van der Waals surface area contributed by atoms with Gasteiger partial charge in [-0.2, -0.15) is 8.42 Å². The van der Waals surface area contributed by atoms with E-state index >= 15 is 0 Å². The molecule has 1 saturated carbocycles. The van der Waals surface area contributed by atoms with Gasteiger partial charge in [0.1, 0.15) is 0 Å². The van der Waals surface area contributed by atoms with E-state index in [2.05, 4.69) is 45.4 Å². The lowest BCUT2D eigenvalue weighted by Gasteiger charge is -2.32. The number of sulfonamides is 1. The highest BCUT2D eigenvalue weighted by atomic mass is 32.2. The van der Waals surface area contributed by atoms with Crippen LogP contribution in [0.3, 0.4) is 0 Å². The van der Waals surface area contributed by atoms with Crippen LogP contribution in [0.15, 0.2) is 24.3 Å². The quantitative estimate of drug-likeness (QED) is 0.434. The minimum Gasteiger partial charge on any atom is -0.215 e. The first kappa shape index (κ1) is 26.3. The molecule has 0 spiro atoms. The summed E-state index contributed by atoms with van der Waals surface area (Å²) < 4.78 is 54.9. The lowest BCUT2D eigenvalue weighted by molar-refractivity contribution is 0.246. The average molecular weight is 474 g/mol. The molecule has 0 saturated heterocycles. The van der Waals surface area contributed by atoms with Crippen molar-refractivity contribution in [3.05, 3.63) is 35.4 Å². The van der Waals surface area contributed by atoms with Crippen molar-refractivity contribution >= 4 is 20.2 Å². The summed E-state index contributed by atoms with van der Waals surface area (Å²) in [5, 5.41) is -0.397. The second kappa shape index (κ2) is 11.7. The Morgan fingerprint density at radius 3 is 2.06 bits per heavy atom. The Hall–Kier alpha value is -1.00. The SMILES string of the molecule is CCNS(=O)(=O)NCCc1ccc(C2CCC(C(C)CNS(=O)(=O)C(C)C)CC2)cc1. The van der Waals surface area contributed by atoms with Gasteiger partial charge in [0.2, 0.25) is 10.0 Å². The Morgan fingerprint density at radius 1 is 0.903 bits per heavy atom. The molecular weight excluding hydrogens is 434 g/mol. The molecule has 0 heterocycles. The Bertz CT molecular complexity index is 876. The van der Waals surface area contributed by atoms with Gasteiger partial charge in [-0.25, -0.2) is 22.6 Å². The third kappa shape index (κ3) is 8.46. The second-order valence-electron chi connectivity index (χ2n) is 8.92. The predicted molar refractivity (Wildman–Crippen MR) is 127 cm³/mol. The minimum absolute atomic E-state index is 0.336. The Kier molecular flexibility index (Phi) is 9.95. The number of hydrogen-bond acceptors (Lipinski definition) is 4. The molecule has 0 aromatic heterocycles. The standard InChI is InChI=1S/C22H39N3O4S2/c1-5-23-31(28,29)24-15-14-19-6-8-21(9-7-19)22-12-10-20(11-13-22)18(4)16-25-30(26,27)17(2)3/h6-9,17-18,20,22-25H,5,10-16H2,1-4H3. The first-order valence-electron chi connectivity index (χ1n) is 11.4. The van der Waals surface area contributed by atoms with Crippen LogP contribution in [0.2, 0.25) is 0 Å². The van der Waals surface area contributed by atoms with Crippen LogP contribution in [-0.2, 0) is 26.7 Å². The second-order valence-corrected chi connectivity index (χ2v) is 12.8.